The average Bonchev–Trinajstić information content (AvgIpc) is 2.96. The van der Waals surface area contributed by atoms with Crippen molar-refractivity contribution in [2.45, 2.75) is 32.2 Å². The smallest absolute Gasteiger partial charge is 0.128 e. The van der Waals surface area contributed by atoms with E-state index in [1.165, 1.54) is 18.9 Å². The van der Waals surface area contributed by atoms with Gasteiger partial charge in [0.25, 0.3) is 0 Å². The fourth-order valence-corrected chi connectivity index (χ4v) is 1.59. The second-order valence-corrected chi connectivity index (χ2v) is 3.76. The Morgan fingerprint density at radius 3 is 2.79 bits per heavy atom. The number of anilines is 2. The molecule has 1 saturated carbocycles. The van der Waals surface area contributed by atoms with Gasteiger partial charge in [0.05, 0.1) is 11.4 Å². The van der Waals surface area contributed by atoms with E-state index in [1.54, 1.807) is 6.07 Å². The van der Waals surface area contributed by atoms with Crippen LogP contribution in [0.4, 0.5) is 15.8 Å². The minimum Gasteiger partial charge on any atom is -0.397 e. The van der Waals surface area contributed by atoms with Crippen molar-refractivity contribution >= 4 is 11.4 Å². The molecule has 1 aliphatic carbocycles. The van der Waals surface area contributed by atoms with Gasteiger partial charge >= 0.3 is 0 Å². The highest BCUT2D eigenvalue weighted by Gasteiger charge is 2.23. The number of hydrogen-bond acceptors (Lipinski definition) is 2. The third-order valence-electron chi connectivity index (χ3n) is 2.57. The van der Waals surface area contributed by atoms with Crippen molar-refractivity contribution in [2.24, 2.45) is 0 Å². The summed E-state index contributed by atoms with van der Waals surface area (Å²) in [7, 11) is 0. The van der Waals surface area contributed by atoms with Crippen LogP contribution >= 0.6 is 0 Å². The molecule has 2 rings (SSSR count). The minimum absolute atomic E-state index is 0.162. The first-order valence-electron chi connectivity index (χ1n) is 5.05. The number of rotatable bonds is 3. The van der Waals surface area contributed by atoms with Crippen molar-refractivity contribution in [2.75, 3.05) is 11.1 Å². The first-order valence-corrected chi connectivity index (χ1v) is 5.05. The van der Waals surface area contributed by atoms with Crippen molar-refractivity contribution in [1.82, 2.24) is 0 Å². The lowest BCUT2D eigenvalue weighted by Gasteiger charge is -2.13. The zero-order valence-corrected chi connectivity index (χ0v) is 8.31. The van der Waals surface area contributed by atoms with Gasteiger partial charge in [-0.2, -0.15) is 0 Å². The third kappa shape index (κ3) is 1.67. The molecule has 1 aromatic carbocycles. The minimum atomic E-state index is -0.162. The van der Waals surface area contributed by atoms with Crippen LogP contribution in [0.1, 0.15) is 25.3 Å². The van der Waals surface area contributed by atoms with Gasteiger partial charge in [-0.1, -0.05) is 6.92 Å². The van der Waals surface area contributed by atoms with Gasteiger partial charge in [-0.05, 0) is 31.4 Å². The zero-order chi connectivity index (χ0) is 10.1. The highest BCUT2D eigenvalue weighted by Crippen LogP contribution is 2.32. The van der Waals surface area contributed by atoms with Crippen LogP contribution in [0.5, 0.6) is 0 Å². The summed E-state index contributed by atoms with van der Waals surface area (Å²) in [6, 6.07) is 3.57. The third-order valence-corrected chi connectivity index (χ3v) is 2.57. The maximum Gasteiger partial charge on any atom is 0.128 e. The van der Waals surface area contributed by atoms with E-state index in [4.69, 9.17) is 5.73 Å². The van der Waals surface area contributed by atoms with Crippen LogP contribution in [-0.4, -0.2) is 6.04 Å². The summed E-state index contributed by atoms with van der Waals surface area (Å²) in [6.45, 7) is 1.94. The first-order chi connectivity index (χ1) is 6.72. The summed E-state index contributed by atoms with van der Waals surface area (Å²) in [6.07, 6.45) is 3.00. The largest absolute Gasteiger partial charge is 0.397 e. The summed E-state index contributed by atoms with van der Waals surface area (Å²) in [5, 5.41) is 3.28. The highest BCUT2D eigenvalue weighted by atomic mass is 19.1. The summed E-state index contributed by atoms with van der Waals surface area (Å²) >= 11 is 0. The summed E-state index contributed by atoms with van der Waals surface area (Å²) in [5.74, 6) is -0.162. The van der Waals surface area contributed by atoms with Gasteiger partial charge in [-0.3, -0.25) is 0 Å². The molecule has 14 heavy (non-hydrogen) atoms. The molecule has 0 bridgehead atoms. The number of nitrogen functional groups attached to an aromatic ring is 1. The lowest BCUT2D eigenvalue weighted by atomic mass is 10.1. The Morgan fingerprint density at radius 2 is 2.21 bits per heavy atom. The Labute approximate surface area is 83.3 Å². The molecule has 0 radical (unpaired) electrons. The monoisotopic (exact) mass is 194 g/mol. The normalized spacial score (nSPS) is 15.6. The van der Waals surface area contributed by atoms with E-state index >= 15 is 0 Å². The van der Waals surface area contributed by atoms with Crippen LogP contribution in [0.25, 0.3) is 0 Å². The molecule has 0 heterocycles. The van der Waals surface area contributed by atoms with Gasteiger partial charge in [0, 0.05) is 11.6 Å². The first kappa shape index (κ1) is 9.31. The quantitative estimate of drug-likeness (QED) is 0.726. The fourth-order valence-electron chi connectivity index (χ4n) is 1.59. The van der Waals surface area contributed by atoms with Gasteiger partial charge in [0.1, 0.15) is 5.82 Å². The van der Waals surface area contributed by atoms with E-state index < -0.39 is 0 Å². The van der Waals surface area contributed by atoms with Gasteiger partial charge in [-0.25, -0.2) is 4.39 Å². The Hall–Kier alpha value is -1.25. The van der Waals surface area contributed by atoms with E-state index in [9.17, 15) is 4.39 Å². The molecule has 3 N–H and O–H groups in total. The van der Waals surface area contributed by atoms with Crippen molar-refractivity contribution in [1.29, 1.82) is 0 Å². The fraction of sp³-hybridized carbons (Fsp3) is 0.455. The number of benzene rings is 1. The Balaban J connectivity index is 2.36. The summed E-state index contributed by atoms with van der Waals surface area (Å²) in [4.78, 5) is 0. The molecule has 1 aromatic rings. The van der Waals surface area contributed by atoms with E-state index in [0.717, 1.165) is 5.69 Å². The van der Waals surface area contributed by atoms with Crippen molar-refractivity contribution < 1.29 is 4.39 Å². The molecule has 2 nitrogen and oxygen atoms in total. The van der Waals surface area contributed by atoms with Gasteiger partial charge in [0.15, 0.2) is 0 Å². The van der Waals surface area contributed by atoms with Crippen LogP contribution in [0.2, 0.25) is 0 Å². The van der Waals surface area contributed by atoms with Crippen LogP contribution in [0.3, 0.4) is 0 Å². The SMILES string of the molecule is CCc1c(F)ccc(N)c1NC1CC1. The molecular formula is C11H15FN2. The van der Waals surface area contributed by atoms with Crippen LogP contribution in [-0.2, 0) is 6.42 Å². The second kappa shape index (κ2) is 3.48. The van der Waals surface area contributed by atoms with Gasteiger partial charge < -0.3 is 11.1 Å². The molecule has 1 fully saturated rings. The zero-order valence-electron chi connectivity index (χ0n) is 8.31. The topological polar surface area (TPSA) is 38.0 Å². The molecule has 0 aliphatic heterocycles. The number of hydrogen-bond donors (Lipinski definition) is 2. The van der Waals surface area contributed by atoms with E-state index in [0.29, 0.717) is 23.7 Å². The van der Waals surface area contributed by atoms with E-state index in [1.807, 2.05) is 6.92 Å². The van der Waals surface area contributed by atoms with Crippen LogP contribution < -0.4 is 11.1 Å². The molecule has 76 valence electrons. The summed E-state index contributed by atoms with van der Waals surface area (Å²) < 4.78 is 13.4. The second-order valence-electron chi connectivity index (χ2n) is 3.76. The maximum atomic E-state index is 13.4. The highest BCUT2D eigenvalue weighted by molar-refractivity contribution is 5.71. The standard InChI is InChI=1S/C11H15FN2/c1-2-8-9(12)5-6-10(13)11(8)14-7-3-4-7/h5-7,14H,2-4,13H2,1H3. The van der Waals surface area contributed by atoms with Gasteiger partial charge in [0.2, 0.25) is 0 Å². The number of halogens is 1. The Kier molecular flexibility index (Phi) is 2.32. The molecule has 0 saturated heterocycles. The van der Waals surface area contributed by atoms with Crippen LogP contribution in [0.15, 0.2) is 12.1 Å². The molecule has 3 heteroatoms. The van der Waals surface area contributed by atoms with Gasteiger partial charge in [-0.15, -0.1) is 0 Å². The maximum absolute atomic E-state index is 13.4. The molecule has 0 unspecified atom stereocenters. The molecular weight excluding hydrogens is 179 g/mol. The lowest BCUT2D eigenvalue weighted by Crippen LogP contribution is -2.08. The number of nitrogens with two attached hydrogens (primary N) is 1. The molecule has 0 aromatic heterocycles. The van der Waals surface area contributed by atoms with E-state index in [2.05, 4.69) is 5.32 Å². The van der Waals surface area contributed by atoms with Crippen molar-refractivity contribution in [3.8, 4) is 0 Å². The molecule has 0 spiro atoms. The molecule has 0 atom stereocenters. The van der Waals surface area contributed by atoms with Crippen molar-refractivity contribution in [3.63, 3.8) is 0 Å². The molecule has 0 amide bonds. The Bertz CT molecular complexity index is 345. The predicted molar refractivity (Wildman–Crippen MR) is 56.8 cm³/mol. The van der Waals surface area contributed by atoms with Crippen molar-refractivity contribution in [3.05, 3.63) is 23.5 Å². The average molecular weight is 194 g/mol. The van der Waals surface area contributed by atoms with Crippen LogP contribution in [0, 0.1) is 5.82 Å². The molecule has 1 aliphatic rings. The Morgan fingerprint density at radius 1 is 1.50 bits per heavy atom. The van der Waals surface area contributed by atoms with E-state index in [-0.39, 0.29) is 5.82 Å². The number of nitrogens with one attached hydrogen (secondary N) is 1. The predicted octanol–water partition coefficient (Wildman–Crippen LogP) is 2.54. The summed E-state index contributed by atoms with van der Waals surface area (Å²) in [5.41, 5.74) is 7.97. The lowest BCUT2D eigenvalue weighted by molar-refractivity contribution is 0.613.